The van der Waals surface area contributed by atoms with E-state index in [1.807, 2.05) is 6.07 Å². The number of carbonyl (C=O) groups is 2. The van der Waals surface area contributed by atoms with Gasteiger partial charge in [0.15, 0.2) is 0 Å². The second-order valence-electron chi connectivity index (χ2n) is 6.14. The van der Waals surface area contributed by atoms with Crippen LogP contribution in [-0.4, -0.2) is 44.7 Å². The molecule has 0 saturated carbocycles. The number of amides is 2. The summed E-state index contributed by atoms with van der Waals surface area (Å²) in [6.07, 6.45) is 2.80. The van der Waals surface area contributed by atoms with Gasteiger partial charge < -0.3 is 4.74 Å². The highest BCUT2D eigenvalue weighted by molar-refractivity contribution is 7.89. The lowest BCUT2D eigenvalue weighted by atomic mass is 10.2. The van der Waals surface area contributed by atoms with Crippen molar-refractivity contribution in [3.8, 4) is 5.75 Å². The second kappa shape index (κ2) is 10.6. The highest BCUT2D eigenvalue weighted by Crippen LogP contribution is 2.18. The number of nitrogens with zero attached hydrogens (tertiary/aromatic N) is 1. The monoisotopic (exact) mass is 431 g/mol. The molecule has 2 N–H and O–H groups in total. The van der Waals surface area contributed by atoms with Crippen molar-refractivity contribution in [1.29, 1.82) is 0 Å². The highest BCUT2D eigenvalue weighted by atomic mass is 32.2. The van der Waals surface area contributed by atoms with E-state index in [9.17, 15) is 18.0 Å². The van der Waals surface area contributed by atoms with Crippen molar-refractivity contribution in [3.05, 3.63) is 65.7 Å². The van der Waals surface area contributed by atoms with Crippen molar-refractivity contribution >= 4 is 27.9 Å². The molecular weight excluding hydrogens is 406 g/mol. The molecule has 0 unspecified atom stereocenters. The van der Waals surface area contributed by atoms with Gasteiger partial charge in [-0.05, 0) is 30.3 Å². The predicted octanol–water partition coefficient (Wildman–Crippen LogP) is 2.20. The molecule has 2 aromatic carbocycles. The number of hydrogen-bond donors (Lipinski definition) is 2. The van der Waals surface area contributed by atoms with E-state index in [0.29, 0.717) is 24.4 Å². The zero-order chi connectivity index (χ0) is 22.1. The Morgan fingerprint density at radius 2 is 1.73 bits per heavy atom. The maximum atomic E-state index is 12.6. The van der Waals surface area contributed by atoms with Crippen LogP contribution in [0.3, 0.4) is 0 Å². The summed E-state index contributed by atoms with van der Waals surface area (Å²) in [6, 6.07) is 12.8. The number of hydrazine groups is 1. The van der Waals surface area contributed by atoms with Gasteiger partial charge in [-0.2, -0.15) is 4.31 Å². The van der Waals surface area contributed by atoms with Crippen LogP contribution < -0.4 is 15.6 Å². The number of hydrogen-bond acceptors (Lipinski definition) is 5. The minimum absolute atomic E-state index is 0.0150. The lowest BCUT2D eigenvalue weighted by Gasteiger charge is -2.18. The Morgan fingerprint density at radius 3 is 2.40 bits per heavy atom. The molecule has 0 fully saturated rings. The van der Waals surface area contributed by atoms with E-state index in [0.717, 1.165) is 0 Å². The van der Waals surface area contributed by atoms with E-state index >= 15 is 0 Å². The molecule has 0 heterocycles. The first-order chi connectivity index (χ1) is 14.3. The number of rotatable bonds is 8. The molecule has 0 spiro atoms. The Balaban J connectivity index is 2.05. The van der Waals surface area contributed by atoms with E-state index in [-0.39, 0.29) is 10.5 Å². The molecule has 8 nitrogen and oxygen atoms in total. The number of benzene rings is 2. The molecule has 0 bridgehead atoms. The van der Waals surface area contributed by atoms with Crippen LogP contribution in [0.1, 0.15) is 29.8 Å². The summed E-state index contributed by atoms with van der Waals surface area (Å²) in [6.45, 7) is 4.13. The maximum absolute atomic E-state index is 12.6. The first kappa shape index (κ1) is 23.1. The first-order valence-electron chi connectivity index (χ1n) is 9.35. The van der Waals surface area contributed by atoms with Gasteiger partial charge in [-0.3, -0.25) is 20.4 Å². The summed E-state index contributed by atoms with van der Waals surface area (Å²) in [5, 5.41) is 0. The second-order valence-corrected chi connectivity index (χ2v) is 8.07. The van der Waals surface area contributed by atoms with Gasteiger partial charge in [-0.15, -0.1) is 0 Å². The SMILES string of the molecule is CCN(CC)S(=O)(=O)c1cccc(C(=O)NNC(=O)/C=C/c2ccccc2OC)c1. The van der Waals surface area contributed by atoms with Crippen LogP contribution in [0, 0.1) is 0 Å². The molecule has 0 atom stereocenters. The molecule has 2 rings (SSSR count). The fourth-order valence-electron chi connectivity index (χ4n) is 2.71. The van der Waals surface area contributed by atoms with Crippen LogP contribution in [0.15, 0.2) is 59.5 Å². The van der Waals surface area contributed by atoms with Crippen molar-refractivity contribution < 1.29 is 22.7 Å². The van der Waals surface area contributed by atoms with Gasteiger partial charge in [0, 0.05) is 30.3 Å². The minimum Gasteiger partial charge on any atom is -0.496 e. The lowest BCUT2D eigenvalue weighted by molar-refractivity contribution is -0.117. The number of nitrogens with one attached hydrogen (secondary N) is 2. The fourth-order valence-corrected chi connectivity index (χ4v) is 4.22. The number of carbonyl (C=O) groups excluding carboxylic acids is 2. The largest absolute Gasteiger partial charge is 0.496 e. The Kier molecular flexibility index (Phi) is 8.14. The van der Waals surface area contributed by atoms with E-state index < -0.39 is 21.8 Å². The topological polar surface area (TPSA) is 105 Å². The van der Waals surface area contributed by atoms with Crippen molar-refractivity contribution in [1.82, 2.24) is 15.2 Å². The van der Waals surface area contributed by atoms with Gasteiger partial charge in [-0.25, -0.2) is 8.42 Å². The number of methoxy groups -OCH3 is 1. The standard InChI is InChI=1S/C21H25N3O5S/c1-4-24(5-2)30(27,28)18-11-8-10-17(15-18)21(26)23-22-20(25)14-13-16-9-6-7-12-19(16)29-3/h6-15H,4-5H2,1-3H3,(H,22,25)(H,23,26)/b14-13+. The summed E-state index contributed by atoms with van der Waals surface area (Å²) in [4.78, 5) is 24.3. The van der Waals surface area contributed by atoms with Gasteiger partial charge in [0.05, 0.1) is 12.0 Å². The quantitative estimate of drug-likeness (QED) is 0.493. The van der Waals surface area contributed by atoms with Crippen molar-refractivity contribution in [2.75, 3.05) is 20.2 Å². The van der Waals surface area contributed by atoms with Gasteiger partial charge in [0.2, 0.25) is 10.0 Å². The van der Waals surface area contributed by atoms with Gasteiger partial charge >= 0.3 is 0 Å². The Morgan fingerprint density at radius 1 is 1.03 bits per heavy atom. The lowest BCUT2D eigenvalue weighted by Crippen LogP contribution is -2.40. The van der Waals surface area contributed by atoms with Crippen molar-refractivity contribution in [3.63, 3.8) is 0 Å². The molecular formula is C21H25N3O5S. The fraction of sp³-hybridized carbons (Fsp3) is 0.238. The molecule has 160 valence electrons. The van der Waals surface area contributed by atoms with Crippen LogP contribution in [0.4, 0.5) is 0 Å². The molecule has 30 heavy (non-hydrogen) atoms. The maximum Gasteiger partial charge on any atom is 0.269 e. The van der Waals surface area contributed by atoms with Crippen LogP contribution in [0.5, 0.6) is 5.75 Å². The van der Waals surface area contributed by atoms with Crippen molar-refractivity contribution in [2.45, 2.75) is 18.7 Å². The number of ether oxygens (including phenoxy) is 1. The normalized spacial score (nSPS) is 11.5. The van der Waals surface area contributed by atoms with E-state index in [1.54, 1.807) is 38.1 Å². The summed E-state index contributed by atoms with van der Waals surface area (Å²) < 4.78 is 31.7. The zero-order valence-corrected chi connectivity index (χ0v) is 17.9. The van der Waals surface area contributed by atoms with Crippen molar-refractivity contribution in [2.24, 2.45) is 0 Å². The van der Waals surface area contributed by atoms with E-state index in [4.69, 9.17) is 4.74 Å². The summed E-state index contributed by atoms with van der Waals surface area (Å²) >= 11 is 0. The van der Waals surface area contributed by atoms with Gasteiger partial charge in [0.25, 0.3) is 11.8 Å². The molecule has 0 aliphatic rings. The van der Waals surface area contributed by atoms with Crippen LogP contribution in [0.25, 0.3) is 6.08 Å². The molecule has 0 aromatic heterocycles. The number of para-hydroxylation sites is 1. The molecule has 9 heteroatoms. The first-order valence-corrected chi connectivity index (χ1v) is 10.8. The van der Waals surface area contributed by atoms with E-state index in [1.165, 1.54) is 41.8 Å². The molecule has 0 aliphatic heterocycles. The average molecular weight is 432 g/mol. The Bertz CT molecular complexity index is 1030. The van der Waals surface area contributed by atoms with Crippen LogP contribution >= 0.6 is 0 Å². The number of sulfonamides is 1. The molecule has 0 radical (unpaired) electrons. The molecule has 2 aromatic rings. The van der Waals surface area contributed by atoms with Crippen LogP contribution in [0.2, 0.25) is 0 Å². The highest BCUT2D eigenvalue weighted by Gasteiger charge is 2.22. The molecule has 0 aliphatic carbocycles. The van der Waals surface area contributed by atoms with Gasteiger partial charge in [0.1, 0.15) is 5.75 Å². The third kappa shape index (κ3) is 5.68. The Hall–Kier alpha value is -3.17. The minimum atomic E-state index is -3.69. The van der Waals surface area contributed by atoms with E-state index in [2.05, 4.69) is 10.9 Å². The summed E-state index contributed by atoms with van der Waals surface area (Å²) in [7, 11) is -2.16. The van der Waals surface area contributed by atoms with Crippen LogP contribution in [-0.2, 0) is 14.8 Å². The summed E-state index contributed by atoms with van der Waals surface area (Å²) in [5.74, 6) is -0.580. The summed E-state index contributed by atoms with van der Waals surface area (Å²) in [5.41, 5.74) is 5.35. The smallest absolute Gasteiger partial charge is 0.269 e. The van der Waals surface area contributed by atoms with Gasteiger partial charge in [-0.1, -0.05) is 38.1 Å². The molecule has 0 saturated heterocycles. The zero-order valence-electron chi connectivity index (χ0n) is 17.1. The molecule has 2 amide bonds. The predicted molar refractivity (Wildman–Crippen MR) is 114 cm³/mol. The Labute approximate surface area is 176 Å². The average Bonchev–Trinajstić information content (AvgIpc) is 2.76. The third-order valence-electron chi connectivity index (χ3n) is 4.29. The third-order valence-corrected chi connectivity index (χ3v) is 6.34.